The van der Waals surface area contributed by atoms with Crippen LogP contribution in [-0.4, -0.2) is 56.1 Å². The Morgan fingerprint density at radius 3 is 2.58 bits per heavy atom. The van der Waals surface area contributed by atoms with Crippen LogP contribution in [0.15, 0.2) is 48.1 Å². The molecular formula is C27H40O6. The highest BCUT2D eigenvalue weighted by Crippen LogP contribution is 2.26. The molecular weight excluding hydrogens is 420 g/mol. The first-order chi connectivity index (χ1) is 15.9. The molecule has 6 atom stereocenters. The van der Waals surface area contributed by atoms with Gasteiger partial charge >= 0.3 is 0 Å². The van der Waals surface area contributed by atoms with E-state index in [1.807, 2.05) is 30.3 Å². The van der Waals surface area contributed by atoms with E-state index < -0.39 is 6.10 Å². The first-order valence-corrected chi connectivity index (χ1v) is 11.8. The third-order valence-electron chi connectivity index (χ3n) is 6.32. The first-order valence-electron chi connectivity index (χ1n) is 11.8. The van der Waals surface area contributed by atoms with Crippen LogP contribution in [0, 0.1) is 5.92 Å². The summed E-state index contributed by atoms with van der Waals surface area (Å²) in [4.78, 5) is 10.7. The van der Waals surface area contributed by atoms with Gasteiger partial charge < -0.3 is 24.1 Å². The lowest BCUT2D eigenvalue weighted by Crippen LogP contribution is -2.36. The van der Waals surface area contributed by atoms with Gasteiger partial charge in [0, 0.05) is 25.9 Å². The number of hydrogen-bond acceptors (Lipinski definition) is 6. The third-order valence-corrected chi connectivity index (χ3v) is 6.32. The van der Waals surface area contributed by atoms with Crippen LogP contribution < -0.4 is 4.74 Å². The Hall–Kier alpha value is -1.99. The third kappa shape index (κ3) is 9.41. The molecule has 0 bridgehead atoms. The molecule has 1 aromatic carbocycles. The number of allylic oxidation sites excluding steroid dienone is 1. The standard InChI is InChI=1S/C27H40O6/c1-19(17-28)9-12-23(29)15-25-7-6-8-26(33-25)16-27(31-5)20(2)21(3)32-18-22-10-13-24(30-4)14-11-22/h6-7,9-11,13-14,17,20-21,23,25-27,29H,8,12,15-16,18H2,1-5H3/b19-9+/t20?,21?,23-,25?,26?,27?/m0/s1. The zero-order chi connectivity index (χ0) is 24.2. The molecule has 184 valence electrons. The molecule has 0 fully saturated rings. The van der Waals surface area contributed by atoms with Gasteiger partial charge in [-0.2, -0.15) is 0 Å². The molecule has 5 unspecified atom stereocenters. The number of aldehydes is 1. The van der Waals surface area contributed by atoms with Gasteiger partial charge in [-0.3, -0.25) is 4.79 Å². The molecule has 1 N–H and O–H groups in total. The van der Waals surface area contributed by atoms with Crippen molar-refractivity contribution in [3.05, 3.63) is 53.6 Å². The molecule has 0 radical (unpaired) electrons. The van der Waals surface area contributed by atoms with Crippen molar-refractivity contribution >= 4 is 6.29 Å². The van der Waals surface area contributed by atoms with Gasteiger partial charge in [-0.25, -0.2) is 0 Å². The Morgan fingerprint density at radius 2 is 1.94 bits per heavy atom. The van der Waals surface area contributed by atoms with E-state index >= 15 is 0 Å². The predicted molar refractivity (Wildman–Crippen MR) is 129 cm³/mol. The fourth-order valence-electron chi connectivity index (χ4n) is 3.94. The molecule has 1 heterocycles. The fourth-order valence-corrected chi connectivity index (χ4v) is 3.94. The van der Waals surface area contributed by atoms with E-state index in [1.54, 1.807) is 27.2 Å². The van der Waals surface area contributed by atoms with Crippen molar-refractivity contribution in [2.75, 3.05) is 14.2 Å². The number of rotatable bonds is 14. The Bertz CT molecular complexity index is 756. The van der Waals surface area contributed by atoms with E-state index in [2.05, 4.69) is 19.9 Å². The van der Waals surface area contributed by atoms with Crippen LogP contribution in [0.25, 0.3) is 0 Å². The van der Waals surface area contributed by atoms with Gasteiger partial charge in [0.1, 0.15) is 12.0 Å². The Labute approximate surface area is 198 Å². The van der Waals surface area contributed by atoms with Crippen LogP contribution >= 0.6 is 0 Å². The number of ether oxygens (including phenoxy) is 4. The molecule has 33 heavy (non-hydrogen) atoms. The molecule has 1 aromatic rings. The second-order valence-corrected chi connectivity index (χ2v) is 8.88. The van der Waals surface area contributed by atoms with Crippen LogP contribution in [0.3, 0.4) is 0 Å². The molecule has 0 amide bonds. The highest BCUT2D eigenvalue weighted by molar-refractivity contribution is 5.71. The van der Waals surface area contributed by atoms with E-state index in [0.29, 0.717) is 25.0 Å². The van der Waals surface area contributed by atoms with Crippen LogP contribution in [0.1, 0.15) is 52.0 Å². The maximum atomic E-state index is 10.7. The number of hydrogen-bond donors (Lipinski definition) is 1. The van der Waals surface area contributed by atoms with Crippen LogP contribution in [0.2, 0.25) is 0 Å². The number of methoxy groups -OCH3 is 2. The molecule has 0 aliphatic carbocycles. The number of aliphatic hydroxyl groups is 1. The summed E-state index contributed by atoms with van der Waals surface area (Å²) in [5.41, 5.74) is 1.73. The number of carbonyl (C=O) groups is 1. The average molecular weight is 461 g/mol. The lowest BCUT2D eigenvalue weighted by Gasteiger charge is -2.33. The van der Waals surface area contributed by atoms with Gasteiger partial charge in [-0.05, 0) is 50.0 Å². The van der Waals surface area contributed by atoms with Gasteiger partial charge in [0.2, 0.25) is 0 Å². The molecule has 0 saturated carbocycles. The van der Waals surface area contributed by atoms with Crippen LogP contribution in [0.4, 0.5) is 0 Å². The summed E-state index contributed by atoms with van der Waals surface area (Å²) in [6.45, 7) is 6.50. The van der Waals surface area contributed by atoms with Crippen LogP contribution in [0.5, 0.6) is 5.75 Å². The number of aliphatic hydroxyl groups excluding tert-OH is 1. The van der Waals surface area contributed by atoms with E-state index in [0.717, 1.165) is 30.4 Å². The van der Waals surface area contributed by atoms with Crippen molar-refractivity contribution in [2.24, 2.45) is 5.92 Å². The van der Waals surface area contributed by atoms with Gasteiger partial charge in [0.05, 0.1) is 44.2 Å². The smallest absolute Gasteiger partial charge is 0.145 e. The van der Waals surface area contributed by atoms with E-state index in [1.165, 1.54) is 0 Å². The summed E-state index contributed by atoms with van der Waals surface area (Å²) in [7, 11) is 3.39. The Morgan fingerprint density at radius 1 is 1.21 bits per heavy atom. The van der Waals surface area contributed by atoms with Crippen LogP contribution in [-0.2, 0) is 25.6 Å². The summed E-state index contributed by atoms with van der Waals surface area (Å²) in [6, 6.07) is 7.89. The van der Waals surface area contributed by atoms with Crippen molar-refractivity contribution < 1.29 is 28.8 Å². The minimum Gasteiger partial charge on any atom is -0.497 e. The van der Waals surface area contributed by atoms with Gasteiger partial charge in [0.25, 0.3) is 0 Å². The maximum Gasteiger partial charge on any atom is 0.145 e. The minimum absolute atomic E-state index is 0.00360. The molecule has 0 spiro atoms. The molecule has 6 heteroatoms. The lowest BCUT2D eigenvalue weighted by atomic mass is 9.92. The lowest BCUT2D eigenvalue weighted by molar-refractivity contribution is -0.104. The summed E-state index contributed by atoms with van der Waals surface area (Å²) < 4.78 is 23.4. The second kappa shape index (κ2) is 14.3. The van der Waals surface area contributed by atoms with Crippen molar-refractivity contribution in [1.82, 2.24) is 0 Å². The topological polar surface area (TPSA) is 74.2 Å². The fraction of sp³-hybridized carbons (Fsp3) is 0.593. The van der Waals surface area contributed by atoms with Gasteiger partial charge in [-0.1, -0.05) is 37.3 Å². The minimum atomic E-state index is -0.545. The van der Waals surface area contributed by atoms with E-state index in [9.17, 15) is 9.90 Å². The molecule has 2 rings (SSSR count). The van der Waals surface area contributed by atoms with Crippen molar-refractivity contribution in [3.8, 4) is 5.75 Å². The highest BCUT2D eigenvalue weighted by Gasteiger charge is 2.29. The molecule has 0 aromatic heterocycles. The monoisotopic (exact) mass is 460 g/mol. The summed E-state index contributed by atoms with van der Waals surface area (Å²) >= 11 is 0. The van der Waals surface area contributed by atoms with Gasteiger partial charge in [-0.15, -0.1) is 0 Å². The second-order valence-electron chi connectivity index (χ2n) is 8.88. The highest BCUT2D eigenvalue weighted by atomic mass is 16.5. The zero-order valence-electron chi connectivity index (χ0n) is 20.6. The number of benzene rings is 1. The normalized spacial score (nSPS) is 22.4. The maximum absolute atomic E-state index is 10.7. The van der Waals surface area contributed by atoms with Crippen molar-refractivity contribution in [2.45, 2.75) is 83.6 Å². The van der Waals surface area contributed by atoms with Crippen molar-refractivity contribution in [3.63, 3.8) is 0 Å². The molecule has 1 aliphatic heterocycles. The summed E-state index contributed by atoms with van der Waals surface area (Å²) in [5.74, 6) is 1.02. The largest absolute Gasteiger partial charge is 0.497 e. The van der Waals surface area contributed by atoms with Crippen molar-refractivity contribution in [1.29, 1.82) is 0 Å². The molecule has 0 saturated heterocycles. The number of carbonyl (C=O) groups excluding carboxylic acids is 1. The predicted octanol–water partition coefficient (Wildman–Crippen LogP) is 4.64. The van der Waals surface area contributed by atoms with E-state index in [-0.39, 0.29) is 30.3 Å². The van der Waals surface area contributed by atoms with E-state index in [4.69, 9.17) is 18.9 Å². The molecule has 1 aliphatic rings. The Balaban J connectivity index is 1.82. The quantitative estimate of drug-likeness (QED) is 0.248. The molecule has 6 nitrogen and oxygen atoms in total. The first kappa shape index (κ1) is 27.3. The van der Waals surface area contributed by atoms with Gasteiger partial charge in [0.15, 0.2) is 0 Å². The zero-order valence-corrected chi connectivity index (χ0v) is 20.6. The average Bonchev–Trinajstić information content (AvgIpc) is 2.84. The SMILES string of the molecule is COc1ccc(COC(C)C(C)C(CC2CC=CC(C[C@@H](O)C/C=C(\C)C=O)O2)OC)cc1. The summed E-state index contributed by atoms with van der Waals surface area (Å²) in [5, 5.41) is 10.3. The Kier molecular flexibility index (Phi) is 11.8. The summed E-state index contributed by atoms with van der Waals surface area (Å²) in [6.07, 6.45) is 8.59.